The van der Waals surface area contributed by atoms with Crippen molar-refractivity contribution in [2.24, 2.45) is 0 Å². The van der Waals surface area contributed by atoms with Crippen molar-refractivity contribution in [1.82, 2.24) is 0 Å². The first-order valence-electron chi connectivity index (χ1n) is 6.65. The molecular formula is C16H17NO4. The van der Waals surface area contributed by atoms with Crippen molar-refractivity contribution < 1.29 is 18.9 Å². The van der Waals surface area contributed by atoms with E-state index in [1.54, 1.807) is 14.2 Å². The van der Waals surface area contributed by atoms with Gasteiger partial charge in [0.2, 0.25) is 6.79 Å². The Hall–Kier alpha value is -2.56. The standard InChI is InChI=1S/C16H17NO4/c1-18-12-6-7-13(15(8-12)19-2)17-9-11-4-3-5-14-16(11)21-10-20-14/h3-8,17H,9-10H2,1-2H3. The molecule has 1 N–H and O–H groups in total. The van der Waals surface area contributed by atoms with Gasteiger partial charge in [-0.05, 0) is 18.2 Å². The molecular weight excluding hydrogens is 270 g/mol. The van der Waals surface area contributed by atoms with E-state index in [0.29, 0.717) is 6.54 Å². The van der Waals surface area contributed by atoms with Crippen LogP contribution < -0.4 is 24.3 Å². The zero-order valence-electron chi connectivity index (χ0n) is 12.0. The summed E-state index contributed by atoms with van der Waals surface area (Å²) in [6.45, 7) is 0.896. The van der Waals surface area contributed by atoms with Crippen molar-refractivity contribution in [3.63, 3.8) is 0 Å². The average molecular weight is 287 g/mol. The van der Waals surface area contributed by atoms with Crippen LogP contribution in [0.1, 0.15) is 5.56 Å². The third-order valence-corrected chi connectivity index (χ3v) is 3.36. The summed E-state index contributed by atoms with van der Waals surface area (Å²) in [5.74, 6) is 3.09. The van der Waals surface area contributed by atoms with Crippen LogP contribution in [0.5, 0.6) is 23.0 Å². The van der Waals surface area contributed by atoms with Crippen LogP contribution in [-0.2, 0) is 6.54 Å². The van der Waals surface area contributed by atoms with E-state index in [9.17, 15) is 0 Å². The van der Waals surface area contributed by atoms with Crippen LogP contribution in [0.15, 0.2) is 36.4 Å². The molecule has 1 heterocycles. The van der Waals surface area contributed by atoms with Gasteiger partial charge in [-0.1, -0.05) is 12.1 Å². The Balaban J connectivity index is 1.78. The van der Waals surface area contributed by atoms with Crippen molar-refractivity contribution in [2.45, 2.75) is 6.54 Å². The molecule has 3 rings (SSSR count). The first-order valence-corrected chi connectivity index (χ1v) is 6.65. The minimum Gasteiger partial charge on any atom is -0.497 e. The molecule has 0 fully saturated rings. The van der Waals surface area contributed by atoms with E-state index in [1.807, 2.05) is 36.4 Å². The Bertz CT molecular complexity index is 642. The maximum Gasteiger partial charge on any atom is 0.231 e. The smallest absolute Gasteiger partial charge is 0.231 e. The normalized spacial score (nSPS) is 12.1. The number of fused-ring (bicyclic) bond motifs is 1. The predicted molar refractivity (Wildman–Crippen MR) is 79.4 cm³/mol. The molecule has 0 radical (unpaired) electrons. The van der Waals surface area contributed by atoms with Crippen molar-refractivity contribution in [2.75, 3.05) is 26.3 Å². The van der Waals surface area contributed by atoms with Gasteiger partial charge in [0.05, 0.1) is 19.9 Å². The average Bonchev–Trinajstić information content (AvgIpc) is 3.01. The lowest BCUT2D eigenvalue weighted by atomic mass is 10.1. The number of para-hydroxylation sites is 1. The molecule has 2 aromatic rings. The summed E-state index contributed by atoms with van der Waals surface area (Å²) in [5.41, 5.74) is 1.94. The highest BCUT2D eigenvalue weighted by Gasteiger charge is 2.17. The molecule has 0 amide bonds. The molecule has 5 nitrogen and oxygen atoms in total. The molecule has 110 valence electrons. The van der Waals surface area contributed by atoms with Crippen molar-refractivity contribution in [3.8, 4) is 23.0 Å². The van der Waals surface area contributed by atoms with Crippen LogP contribution >= 0.6 is 0 Å². The van der Waals surface area contributed by atoms with Gasteiger partial charge >= 0.3 is 0 Å². The highest BCUT2D eigenvalue weighted by Crippen LogP contribution is 2.36. The lowest BCUT2D eigenvalue weighted by Gasteiger charge is -2.13. The molecule has 0 unspecified atom stereocenters. The zero-order chi connectivity index (χ0) is 14.7. The second kappa shape index (κ2) is 5.83. The third kappa shape index (κ3) is 2.67. The maximum atomic E-state index is 5.50. The SMILES string of the molecule is COc1ccc(NCc2cccc3c2OCO3)c(OC)c1. The second-order valence-electron chi connectivity index (χ2n) is 4.57. The molecule has 1 aliphatic rings. The molecule has 5 heteroatoms. The molecule has 0 aliphatic carbocycles. The summed E-state index contributed by atoms with van der Waals surface area (Å²) < 4.78 is 21.4. The number of rotatable bonds is 5. The molecule has 0 aromatic heterocycles. The number of ether oxygens (including phenoxy) is 4. The summed E-state index contributed by atoms with van der Waals surface area (Å²) in [4.78, 5) is 0. The van der Waals surface area contributed by atoms with Crippen LogP contribution in [0.3, 0.4) is 0 Å². The van der Waals surface area contributed by atoms with E-state index in [-0.39, 0.29) is 6.79 Å². The summed E-state index contributed by atoms with van der Waals surface area (Å²) >= 11 is 0. The molecule has 2 aromatic carbocycles. The third-order valence-electron chi connectivity index (χ3n) is 3.36. The monoisotopic (exact) mass is 287 g/mol. The van der Waals surface area contributed by atoms with E-state index in [2.05, 4.69) is 5.32 Å². The summed E-state index contributed by atoms with van der Waals surface area (Å²) in [6, 6.07) is 11.5. The van der Waals surface area contributed by atoms with Crippen molar-refractivity contribution >= 4 is 5.69 Å². The quantitative estimate of drug-likeness (QED) is 0.916. The predicted octanol–water partition coefficient (Wildman–Crippen LogP) is 3.04. The lowest BCUT2D eigenvalue weighted by Crippen LogP contribution is -2.03. The number of hydrogen-bond donors (Lipinski definition) is 1. The van der Waals surface area contributed by atoms with Crippen LogP contribution in [-0.4, -0.2) is 21.0 Å². The number of hydrogen-bond acceptors (Lipinski definition) is 5. The van der Waals surface area contributed by atoms with E-state index >= 15 is 0 Å². The minimum atomic E-state index is 0.276. The molecule has 21 heavy (non-hydrogen) atoms. The van der Waals surface area contributed by atoms with E-state index in [1.165, 1.54) is 0 Å². The van der Waals surface area contributed by atoms with E-state index in [4.69, 9.17) is 18.9 Å². The van der Waals surface area contributed by atoms with Gasteiger partial charge < -0.3 is 24.3 Å². The van der Waals surface area contributed by atoms with Crippen molar-refractivity contribution in [3.05, 3.63) is 42.0 Å². The highest BCUT2D eigenvalue weighted by atomic mass is 16.7. The molecule has 0 atom stereocenters. The second-order valence-corrected chi connectivity index (χ2v) is 4.57. The van der Waals surface area contributed by atoms with Gasteiger partial charge in [0.1, 0.15) is 11.5 Å². The molecule has 0 saturated carbocycles. The Morgan fingerprint density at radius 1 is 1.10 bits per heavy atom. The van der Waals surface area contributed by atoms with Gasteiger partial charge in [-0.3, -0.25) is 0 Å². The van der Waals surface area contributed by atoms with E-state index in [0.717, 1.165) is 34.2 Å². The highest BCUT2D eigenvalue weighted by molar-refractivity contribution is 5.60. The first-order chi connectivity index (χ1) is 10.3. The molecule has 0 bridgehead atoms. The molecule has 1 aliphatic heterocycles. The largest absolute Gasteiger partial charge is 0.497 e. The lowest BCUT2D eigenvalue weighted by molar-refractivity contribution is 0.173. The topological polar surface area (TPSA) is 49.0 Å². The van der Waals surface area contributed by atoms with Crippen molar-refractivity contribution in [1.29, 1.82) is 0 Å². The van der Waals surface area contributed by atoms with Gasteiger partial charge in [-0.15, -0.1) is 0 Å². The van der Waals surface area contributed by atoms with Crippen LogP contribution in [0, 0.1) is 0 Å². The van der Waals surface area contributed by atoms with Crippen LogP contribution in [0.2, 0.25) is 0 Å². The first kappa shape index (κ1) is 13.4. The van der Waals surface area contributed by atoms with Gasteiger partial charge in [0, 0.05) is 18.2 Å². The fourth-order valence-electron chi connectivity index (χ4n) is 2.26. The van der Waals surface area contributed by atoms with E-state index < -0.39 is 0 Å². The maximum absolute atomic E-state index is 5.50. The van der Waals surface area contributed by atoms with Crippen LogP contribution in [0.25, 0.3) is 0 Å². The van der Waals surface area contributed by atoms with Gasteiger partial charge in [0.25, 0.3) is 0 Å². The fourth-order valence-corrected chi connectivity index (χ4v) is 2.26. The van der Waals surface area contributed by atoms with Gasteiger partial charge in [0.15, 0.2) is 11.5 Å². The minimum absolute atomic E-state index is 0.276. The molecule has 0 spiro atoms. The number of benzene rings is 2. The fraction of sp³-hybridized carbons (Fsp3) is 0.250. The number of nitrogens with one attached hydrogen (secondary N) is 1. The summed E-state index contributed by atoms with van der Waals surface area (Å²) in [6.07, 6.45) is 0. The zero-order valence-corrected chi connectivity index (χ0v) is 12.0. The van der Waals surface area contributed by atoms with Gasteiger partial charge in [-0.25, -0.2) is 0 Å². The Morgan fingerprint density at radius 2 is 2.00 bits per heavy atom. The Kier molecular flexibility index (Phi) is 3.73. The molecule has 0 saturated heterocycles. The Labute approximate surface area is 123 Å². The van der Waals surface area contributed by atoms with Gasteiger partial charge in [-0.2, -0.15) is 0 Å². The number of methoxy groups -OCH3 is 2. The van der Waals surface area contributed by atoms with Crippen LogP contribution in [0.4, 0.5) is 5.69 Å². The summed E-state index contributed by atoms with van der Waals surface area (Å²) in [5, 5.41) is 3.35. The summed E-state index contributed by atoms with van der Waals surface area (Å²) in [7, 11) is 3.27. The number of anilines is 1. The Morgan fingerprint density at radius 3 is 2.81 bits per heavy atom.